The first kappa shape index (κ1) is 15.3. The Balaban J connectivity index is 1.95. The van der Waals surface area contributed by atoms with Gasteiger partial charge in [-0.25, -0.2) is 4.79 Å². The van der Waals surface area contributed by atoms with Crippen LogP contribution in [-0.4, -0.2) is 18.4 Å². The fourth-order valence-electron chi connectivity index (χ4n) is 3.90. The van der Waals surface area contributed by atoms with Gasteiger partial charge in [0.2, 0.25) is 0 Å². The molecule has 3 rings (SSSR count). The van der Waals surface area contributed by atoms with Crippen molar-refractivity contribution < 1.29 is 14.3 Å². The molecule has 3 heteroatoms. The molecule has 0 heterocycles. The van der Waals surface area contributed by atoms with Crippen molar-refractivity contribution in [3.05, 3.63) is 11.6 Å². The lowest BCUT2D eigenvalue weighted by atomic mass is 9.54. The summed E-state index contributed by atoms with van der Waals surface area (Å²) in [5, 5.41) is 0. The van der Waals surface area contributed by atoms with Crippen molar-refractivity contribution in [2.24, 2.45) is 17.3 Å². The quantitative estimate of drug-likeness (QED) is 0.569. The average Bonchev–Trinajstić information content (AvgIpc) is 2.45. The largest absolute Gasteiger partial charge is 0.463 e. The normalized spacial score (nSPS) is 33.4. The third-order valence-corrected chi connectivity index (χ3v) is 5.27. The van der Waals surface area contributed by atoms with E-state index in [9.17, 15) is 9.59 Å². The number of rotatable bonds is 5. The molecule has 20 heavy (non-hydrogen) atoms. The summed E-state index contributed by atoms with van der Waals surface area (Å²) in [5.41, 5.74) is 0.496. The maximum atomic E-state index is 12.5. The first-order valence-electron chi connectivity index (χ1n) is 7.87. The van der Waals surface area contributed by atoms with Gasteiger partial charge in [-0.15, -0.1) is 0 Å². The summed E-state index contributed by atoms with van der Waals surface area (Å²) in [6.45, 7) is 6.14. The van der Waals surface area contributed by atoms with Gasteiger partial charge in [0.1, 0.15) is 5.78 Å². The molecule has 112 valence electrons. The molecule has 3 saturated carbocycles. The Kier molecular flexibility index (Phi) is 4.66. The maximum absolute atomic E-state index is 12.5. The number of Topliss-reactive ketones (excluding diaryl/α,β-unsaturated/α-hetero) is 1. The smallest absolute Gasteiger partial charge is 0.333 e. The minimum absolute atomic E-state index is 0.160. The molecule has 2 bridgehead atoms. The molecular weight excluding hydrogens is 252 g/mol. The van der Waals surface area contributed by atoms with Crippen LogP contribution in [0.25, 0.3) is 0 Å². The second-order valence-corrected chi connectivity index (χ2v) is 6.48. The Hall–Kier alpha value is -1.12. The number of allylic oxidation sites excluding steroid dienone is 1. The Morgan fingerprint density at radius 3 is 2.55 bits per heavy atom. The molecule has 0 radical (unpaired) electrons. The molecule has 0 saturated heterocycles. The van der Waals surface area contributed by atoms with E-state index in [1.54, 1.807) is 6.92 Å². The van der Waals surface area contributed by atoms with E-state index < -0.39 is 0 Å². The zero-order valence-electron chi connectivity index (χ0n) is 12.9. The SMILES string of the molecule is CCOC(=O)/C(C)=C\CC[C@@]1(C)C(=O)C2CCC1CC2. The Morgan fingerprint density at radius 1 is 1.35 bits per heavy atom. The highest BCUT2D eigenvalue weighted by Crippen LogP contribution is 2.52. The van der Waals surface area contributed by atoms with Crippen LogP contribution in [0.15, 0.2) is 11.6 Å². The summed E-state index contributed by atoms with van der Waals surface area (Å²) in [7, 11) is 0. The number of ether oxygens (including phenoxy) is 1. The van der Waals surface area contributed by atoms with Gasteiger partial charge in [-0.3, -0.25) is 4.79 Å². The van der Waals surface area contributed by atoms with E-state index in [4.69, 9.17) is 4.74 Å². The van der Waals surface area contributed by atoms with Crippen LogP contribution < -0.4 is 0 Å². The number of ketones is 1. The van der Waals surface area contributed by atoms with Crippen LogP contribution in [-0.2, 0) is 14.3 Å². The minimum Gasteiger partial charge on any atom is -0.463 e. The van der Waals surface area contributed by atoms with Gasteiger partial charge in [0, 0.05) is 16.9 Å². The Labute approximate surface area is 121 Å². The van der Waals surface area contributed by atoms with Crippen molar-refractivity contribution >= 4 is 11.8 Å². The van der Waals surface area contributed by atoms with Gasteiger partial charge in [0.15, 0.2) is 0 Å². The molecule has 0 N–H and O–H groups in total. The molecule has 0 unspecified atom stereocenters. The van der Waals surface area contributed by atoms with E-state index in [1.807, 2.05) is 13.0 Å². The van der Waals surface area contributed by atoms with Gasteiger partial charge >= 0.3 is 5.97 Å². The molecule has 3 nitrogen and oxygen atoms in total. The van der Waals surface area contributed by atoms with Crippen molar-refractivity contribution in [2.75, 3.05) is 6.61 Å². The monoisotopic (exact) mass is 278 g/mol. The van der Waals surface area contributed by atoms with E-state index >= 15 is 0 Å². The summed E-state index contributed by atoms with van der Waals surface area (Å²) in [6, 6.07) is 0. The van der Waals surface area contributed by atoms with E-state index in [2.05, 4.69) is 6.92 Å². The van der Waals surface area contributed by atoms with Gasteiger partial charge in [-0.05, 0) is 58.3 Å². The van der Waals surface area contributed by atoms with Gasteiger partial charge in [0.25, 0.3) is 0 Å². The highest BCUT2D eigenvalue weighted by atomic mass is 16.5. The third-order valence-electron chi connectivity index (χ3n) is 5.27. The van der Waals surface area contributed by atoms with Crippen LogP contribution in [0.3, 0.4) is 0 Å². The number of esters is 1. The van der Waals surface area contributed by atoms with Crippen molar-refractivity contribution in [1.82, 2.24) is 0 Å². The van der Waals surface area contributed by atoms with Crippen LogP contribution >= 0.6 is 0 Å². The molecule has 3 aliphatic carbocycles. The molecule has 3 fully saturated rings. The number of hydrogen-bond acceptors (Lipinski definition) is 3. The summed E-state index contributed by atoms with van der Waals surface area (Å²) in [5.74, 6) is 1.09. The molecule has 0 aliphatic heterocycles. The van der Waals surface area contributed by atoms with Crippen molar-refractivity contribution in [2.45, 2.75) is 59.3 Å². The van der Waals surface area contributed by atoms with E-state index in [-0.39, 0.29) is 11.4 Å². The second-order valence-electron chi connectivity index (χ2n) is 6.48. The van der Waals surface area contributed by atoms with Crippen LogP contribution in [0, 0.1) is 17.3 Å². The molecule has 1 atom stereocenters. The summed E-state index contributed by atoms with van der Waals surface area (Å²) in [6.07, 6.45) is 8.17. The molecule has 3 aliphatic rings. The molecule has 0 aromatic rings. The standard InChI is InChI=1S/C17H26O3/c1-4-20-16(19)12(2)6-5-11-17(3)14-9-7-13(8-10-14)15(17)18/h6,13-14H,4-5,7-11H2,1-3H3/b12-6-/t13?,14?,17-/m1/s1. The minimum atomic E-state index is -0.242. The Bertz CT molecular complexity index is 416. The summed E-state index contributed by atoms with van der Waals surface area (Å²) in [4.78, 5) is 24.0. The van der Waals surface area contributed by atoms with Crippen molar-refractivity contribution in [3.8, 4) is 0 Å². The zero-order chi connectivity index (χ0) is 14.8. The first-order valence-corrected chi connectivity index (χ1v) is 7.87. The lowest BCUT2D eigenvalue weighted by Crippen LogP contribution is -2.48. The molecular formula is C17H26O3. The van der Waals surface area contributed by atoms with Crippen molar-refractivity contribution in [3.63, 3.8) is 0 Å². The van der Waals surface area contributed by atoms with Crippen molar-refractivity contribution in [1.29, 1.82) is 0 Å². The van der Waals surface area contributed by atoms with E-state index in [0.29, 0.717) is 29.8 Å². The zero-order valence-corrected chi connectivity index (χ0v) is 12.9. The lowest BCUT2D eigenvalue weighted by Gasteiger charge is -2.48. The summed E-state index contributed by atoms with van der Waals surface area (Å²) >= 11 is 0. The van der Waals surface area contributed by atoms with E-state index in [1.165, 1.54) is 12.8 Å². The average molecular weight is 278 g/mol. The van der Waals surface area contributed by atoms with Crippen LogP contribution in [0.5, 0.6) is 0 Å². The second kappa shape index (κ2) is 6.11. The number of carbonyl (C=O) groups excluding carboxylic acids is 2. The van der Waals surface area contributed by atoms with Gasteiger partial charge in [0.05, 0.1) is 6.61 Å². The van der Waals surface area contributed by atoms with Gasteiger partial charge < -0.3 is 4.74 Å². The highest BCUT2D eigenvalue weighted by Gasteiger charge is 2.50. The number of hydrogen-bond donors (Lipinski definition) is 0. The topological polar surface area (TPSA) is 43.4 Å². The van der Waals surface area contributed by atoms with Gasteiger partial charge in [-0.2, -0.15) is 0 Å². The molecule has 0 amide bonds. The fraction of sp³-hybridized carbons (Fsp3) is 0.765. The predicted octanol–water partition coefficient (Wildman–Crippen LogP) is 3.67. The first-order chi connectivity index (χ1) is 9.49. The highest BCUT2D eigenvalue weighted by molar-refractivity contribution is 5.89. The third kappa shape index (κ3) is 2.82. The van der Waals surface area contributed by atoms with Crippen LogP contribution in [0.2, 0.25) is 0 Å². The fourth-order valence-corrected chi connectivity index (χ4v) is 3.90. The van der Waals surface area contributed by atoms with Crippen LogP contribution in [0.1, 0.15) is 59.3 Å². The Morgan fingerprint density at radius 2 is 2.00 bits per heavy atom. The number of fused-ring (bicyclic) bond motifs is 3. The van der Waals surface area contributed by atoms with E-state index in [0.717, 1.165) is 25.7 Å². The van der Waals surface area contributed by atoms with Gasteiger partial charge in [-0.1, -0.05) is 13.0 Å². The molecule has 0 spiro atoms. The molecule has 0 aromatic carbocycles. The lowest BCUT2D eigenvalue weighted by molar-refractivity contribution is -0.145. The summed E-state index contributed by atoms with van der Waals surface area (Å²) < 4.78 is 4.97. The maximum Gasteiger partial charge on any atom is 0.333 e. The molecule has 0 aromatic heterocycles. The van der Waals surface area contributed by atoms with Crippen LogP contribution in [0.4, 0.5) is 0 Å². The number of carbonyl (C=O) groups is 2. The predicted molar refractivity (Wildman–Crippen MR) is 78.2 cm³/mol.